The van der Waals surface area contributed by atoms with Gasteiger partial charge in [0.05, 0.1) is 0 Å². The number of anilines is 1. The van der Waals surface area contributed by atoms with Crippen LogP contribution >= 0.6 is 0 Å². The zero-order valence-corrected chi connectivity index (χ0v) is 11.6. The number of nitrogens with two attached hydrogens (primary N) is 2. The maximum absolute atomic E-state index is 6.35. The van der Waals surface area contributed by atoms with Crippen molar-refractivity contribution in [3.63, 3.8) is 0 Å². The van der Waals surface area contributed by atoms with Gasteiger partial charge in [0.15, 0.2) is 0 Å². The Hall–Kier alpha value is -1.91. The third kappa shape index (κ3) is 2.28. The minimum Gasteiger partial charge on any atom is -0.398 e. The molecule has 0 aliphatic heterocycles. The van der Waals surface area contributed by atoms with Gasteiger partial charge in [-0.25, -0.2) is 0 Å². The van der Waals surface area contributed by atoms with Gasteiger partial charge in [0.25, 0.3) is 0 Å². The number of nitrogen functional groups attached to an aromatic ring is 1. The van der Waals surface area contributed by atoms with Crippen LogP contribution < -0.4 is 16.8 Å². The van der Waals surface area contributed by atoms with Crippen molar-refractivity contribution < 1.29 is 0 Å². The van der Waals surface area contributed by atoms with Crippen molar-refractivity contribution in [1.82, 2.24) is 10.3 Å². The molecule has 4 nitrogen and oxygen atoms in total. The number of nitrogens with one attached hydrogen (secondary N) is 1. The molecule has 5 N–H and O–H groups in total. The van der Waals surface area contributed by atoms with E-state index >= 15 is 0 Å². The summed E-state index contributed by atoms with van der Waals surface area (Å²) in [6, 6.07) is 10.6. The third-order valence-corrected chi connectivity index (χ3v) is 4.11. The Bertz CT molecular complexity index is 611. The van der Waals surface area contributed by atoms with Gasteiger partial charge < -0.3 is 16.8 Å². The Morgan fingerprint density at radius 3 is 2.85 bits per heavy atom. The van der Waals surface area contributed by atoms with E-state index in [2.05, 4.69) is 35.4 Å². The highest BCUT2D eigenvalue weighted by atomic mass is 15.0. The number of fused-ring (bicyclic) bond motifs is 1. The van der Waals surface area contributed by atoms with Gasteiger partial charge >= 0.3 is 0 Å². The van der Waals surface area contributed by atoms with Gasteiger partial charge in [-0.3, -0.25) is 4.98 Å². The van der Waals surface area contributed by atoms with E-state index < -0.39 is 0 Å². The highest BCUT2D eigenvalue weighted by Crippen LogP contribution is 2.31. The minimum absolute atomic E-state index is 0.0338. The van der Waals surface area contributed by atoms with Gasteiger partial charge in [-0.2, -0.15) is 0 Å². The topological polar surface area (TPSA) is 77.0 Å². The average Bonchev–Trinajstić information content (AvgIpc) is 2.76. The van der Waals surface area contributed by atoms with E-state index in [1.807, 2.05) is 18.3 Å². The van der Waals surface area contributed by atoms with Crippen molar-refractivity contribution in [3.05, 3.63) is 59.4 Å². The Kier molecular flexibility index (Phi) is 3.42. The molecule has 1 aliphatic carbocycles. The van der Waals surface area contributed by atoms with Gasteiger partial charge in [0.2, 0.25) is 0 Å². The predicted molar refractivity (Wildman–Crippen MR) is 81.1 cm³/mol. The molecule has 1 aromatic heterocycles. The van der Waals surface area contributed by atoms with Gasteiger partial charge in [-0.05, 0) is 30.5 Å². The SMILES string of the molecule is CC(N[C@@H]1Cc2ccccc2[C@H]1N)c1cnccc1N. The third-order valence-electron chi connectivity index (χ3n) is 4.11. The molecule has 2 aromatic rings. The molecule has 0 radical (unpaired) electrons. The lowest BCUT2D eigenvalue weighted by Gasteiger charge is -2.24. The fourth-order valence-electron chi connectivity index (χ4n) is 2.98. The van der Waals surface area contributed by atoms with E-state index in [9.17, 15) is 0 Å². The van der Waals surface area contributed by atoms with Crippen molar-refractivity contribution in [2.45, 2.75) is 31.5 Å². The average molecular weight is 268 g/mol. The zero-order valence-electron chi connectivity index (χ0n) is 11.6. The Morgan fingerprint density at radius 1 is 1.30 bits per heavy atom. The molecule has 104 valence electrons. The number of pyridine rings is 1. The van der Waals surface area contributed by atoms with Crippen molar-refractivity contribution in [2.75, 3.05) is 5.73 Å². The summed E-state index contributed by atoms with van der Waals surface area (Å²) < 4.78 is 0. The van der Waals surface area contributed by atoms with E-state index in [1.165, 1.54) is 11.1 Å². The Balaban J connectivity index is 1.76. The Morgan fingerprint density at radius 2 is 2.10 bits per heavy atom. The molecule has 1 aliphatic rings. The first-order valence-corrected chi connectivity index (χ1v) is 6.95. The zero-order chi connectivity index (χ0) is 14.1. The van der Waals surface area contributed by atoms with E-state index in [4.69, 9.17) is 11.5 Å². The largest absolute Gasteiger partial charge is 0.398 e. The van der Waals surface area contributed by atoms with Gasteiger partial charge in [-0.15, -0.1) is 0 Å². The van der Waals surface area contributed by atoms with Crippen LogP contribution in [0.4, 0.5) is 5.69 Å². The summed E-state index contributed by atoms with van der Waals surface area (Å²) >= 11 is 0. The van der Waals surface area contributed by atoms with Gasteiger partial charge in [0, 0.05) is 41.8 Å². The molecule has 1 unspecified atom stereocenters. The second-order valence-electron chi connectivity index (χ2n) is 5.43. The van der Waals surface area contributed by atoms with Crippen LogP contribution in [0.15, 0.2) is 42.7 Å². The molecule has 3 atom stereocenters. The number of benzene rings is 1. The van der Waals surface area contributed by atoms with Crippen molar-refractivity contribution in [3.8, 4) is 0 Å². The molecule has 0 fully saturated rings. The van der Waals surface area contributed by atoms with Crippen LogP contribution in [0.5, 0.6) is 0 Å². The smallest absolute Gasteiger partial charge is 0.0457 e. The van der Waals surface area contributed by atoms with Crippen LogP contribution in [0.2, 0.25) is 0 Å². The summed E-state index contributed by atoms with van der Waals surface area (Å²) in [6.45, 7) is 2.10. The van der Waals surface area contributed by atoms with Crippen molar-refractivity contribution >= 4 is 5.69 Å². The molecule has 0 amide bonds. The predicted octanol–water partition coefficient (Wildman–Crippen LogP) is 1.94. The first kappa shape index (κ1) is 13.1. The molecular weight excluding hydrogens is 248 g/mol. The molecule has 0 bridgehead atoms. The summed E-state index contributed by atoms with van der Waals surface area (Å²) in [5.74, 6) is 0. The number of hydrogen-bond donors (Lipinski definition) is 3. The molecule has 20 heavy (non-hydrogen) atoms. The second-order valence-corrected chi connectivity index (χ2v) is 5.43. The number of aromatic nitrogens is 1. The highest BCUT2D eigenvalue weighted by Gasteiger charge is 2.30. The molecule has 1 aromatic carbocycles. The first-order valence-electron chi connectivity index (χ1n) is 6.95. The van der Waals surface area contributed by atoms with E-state index in [0.717, 1.165) is 17.7 Å². The van der Waals surface area contributed by atoms with Crippen LogP contribution in [0.25, 0.3) is 0 Å². The lowest BCUT2D eigenvalue weighted by Crippen LogP contribution is -2.38. The monoisotopic (exact) mass is 268 g/mol. The first-order chi connectivity index (χ1) is 9.66. The molecule has 0 spiro atoms. The normalized spacial score (nSPS) is 22.5. The number of nitrogens with zero attached hydrogens (tertiary/aromatic N) is 1. The second kappa shape index (κ2) is 5.23. The van der Waals surface area contributed by atoms with Crippen LogP contribution in [0.1, 0.15) is 35.7 Å². The molecule has 0 saturated carbocycles. The maximum atomic E-state index is 6.35. The van der Waals surface area contributed by atoms with Crippen LogP contribution in [-0.4, -0.2) is 11.0 Å². The van der Waals surface area contributed by atoms with Crippen LogP contribution in [0, 0.1) is 0 Å². The summed E-state index contributed by atoms with van der Waals surface area (Å²) in [5, 5.41) is 3.59. The molecule has 1 heterocycles. The van der Waals surface area contributed by atoms with Crippen molar-refractivity contribution in [2.24, 2.45) is 5.73 Å². The molecular formula is C16H20N4. The quantitative estimate of drug-likeness (QED) is 0.795. The molecule has 3 rings (SSSR count). The number of hydrogen-bond acceptors (Lipinski definition) is 4. The summed E-state index contributed by atoms with van der Waals surface area (Å²) in [6.07, 6.45) is 4.49. The molecule has 4 heteroatoms. The standard InChI is InChI=1S/C16H20N4/c1-10(13-9-19-7-6-14(13)17)20-15-8-11-4-2-3-5-12(11)16(15)18/h2-7,9-10,15-16,20H,8,18H2,1H3,(H2,17,19)/t10?,15-,16-/m1/s1. The lowest BCUT2D eigenvalue weighted by atomic mass is 10.0. The maximum Gasteiger partial charge on any atom is 0.0457 e. The summed E-state index contributed by atoms with van der Waals surface area (Å²) in [5.41, 5.74) is 16.7. The molecule has 0 saturated heterocycles. The van der Waals surface area contributed by atoms with Crippen LogP contribution in [0.3, 0.4) is 0 Å². The lowest BCUT2D eigenvalue weighted by molar-refractivity contribution is 0.418. The fraction of sp³-hybridized carbons (Fsp3) is 0.312. The highest BCUT2D eigenvalue weighted by molar-refractivity contribution is 5.46. The van der Waals surface area contributed by atoms with Crippen molar-refractivity contribution in [1.29, 1.82) is 0 Å². The van der Waals surface area contributed by atoms with Crippen LogP contribution in [-0.2, 0) is 6.42 Å². The summed E-state index contributed by atoms with van der Waals surface area (Å²) in [4.78, 5) is 4.15. The van der Waals surface area contributed by atoms with E-state index in [0.29, 0.717) is 0 Å². The summed E-state index contributed by atoms with van der Waals surface area (Å²) in [7, 11) is 0. The van der Waals surface area contributed by atoms with Gasteiger partial charge in [-0.1, -0.05) is 24.3 Å². The van der Waals surface area contributed by atoms with E-state index in [-0.39, 0.29) is 18.1 Å². The van der Waals surface area contributed by atoms with E-state index in [1.54, 1.807) is 6.20 Å². The minimum atomic E-state index is 0.0338. The Labute approximate surface area is 119 Å². The number of rotatable bonds is 3. The van der Waals surface area contributed by atoms with Gasteiger partial charge in [0.1, 0.15) is 0 Å². The fourth-order valence-corrected chi connectivity index (χ4v) is 2.98.